The van der Waals surface area contributed by atoms with Crippen molar-refractivity contribution in [2.24, 2.45) is 17.8 Å². The molecular weight excluding hydrogens is 1320 g/mol. The summed E-state index contributed by atoms with van der Waals surface area (Å²) in [6.07, 6.45) is 63.3. The zero-order valence-electron chi connectivity index (χ0n) is 65.9. The number of esters is 4. The minimum Gasteiger partial charge on any atom is -0.462 e. The normalized spacial score (nSPS) is 14.4. The summed E-state index contributed by atoms with van der Waals surface area (Å²) in [5.41, 5.74) is 0. The Labute approximate surface area is 618 Å². The molecule has 17 nitrogen and oxygen atoms in total. The Morgan fingerprint density at radius 2 is 0.584 bits per heavy atom. The Bertz CT molecular complexity index is 2050. The van der Waals surface area contributed by atoms with Crippen LogP contribution in [-0.2, 0) is 65.4 Å². The summed E-state index contributed by atoms with van der Waals surface area (Å²) in [7, 11) is -9.94. The van der Waals surface area contributed by atoms with Gasteiger partial charge in [0, 0.05) is 25.7 Å². The molecule has 101 heavy (non-hydrogen) atoms. The molecule has 0 heterocycles. The molecule has 0 amide bonds. The predicted molar refractivity (Wildman–Crippen MR) is 414 cm³/mol. The summed E-state index contributed by atoms with van der Waals surface area (Å²) in [5, 5.41) is 10.6. The third-order valence-corrected chi connectivity index (χ3v) is 20.8. The van der Waals surface area contributed by atoms with Crippen LogP contribution < -0.4 is 0 Å². The molecular formula is C82H156O17P2. The number of allylic oxidation sites excluding steroid dienone is 4. The van der Waals surface area contributed by atoms with Crippen LogP contribution in [0.1, 0.15) is 402 Å². The van der Waals surface area contributed by atoms with Gasteiger partial charge in [-0.05, 0) is 69.1 Å². The molecule has 596 valence electrons. The maximum absolute atomic E-state index is 13.1. The van der Waals surface area contributed by atoms with Crippen molar-refractivity contribution in [1.29, 1.82) is 0 Å². The SMILES string of the molecule is CCCCCC/C=C\C=C/CCCCCCCC(=O)O[C@H](COC(=O)CCCCCCCCCCCCCCCCCCC(C)C)COP(=O)(O)OC[C@@H](O)COP(=O)(O)OC[C@@H](COC(=O)CCCCCCCCC(C)CC)OC(=O)CCCCCCCCCCCCCCCCC(C)C. The Morgan fingerprint density at radius 1 is 0.327 bits per heavy atom. The number of unbranched alkanes of at least 4 members (excludes halogenated alkanes) is 42. The molecule has 0 aromatic heterocycles. The summed E-state index contributed by atoms with van der Waals surface area (Å²) < 4.78 is 68.7. The van der Waals surface area contributed by atoms with Gasteiger partial charge < -0.3 is 33.8 Å². The van der Waals surface area contributed by atoms with Crippen LogP contribution >= 0.6 is 15.6 Å². The van der Waals surface area contributed by atoms with E-state index in [9.17, 15) is 43.2 Å². The molecule has 0 aliphatic heterocycles. The summed E-state index contributed by atoms with van der Waals surface area (Å²) in [6, 6.07) is 0. The highest BCUT2D eigenvalue weighted by molar-refractivity contribution is 7.47. The van der Waals surface area contributed by atoms with E-state index in [1.807, 2.05) is 0 Å². The molecule has 3 unspecified atom stereocenters. The quantitative estimate of drug-likeness (QED) is 0.0169. The van der Waals surface area contributed by atoms with Gasteiger partial charge in [0.05, 0.1) is 26.4 Å². The number of aliphatic hydroxyl groups excluding tert-OH is 1. The number of phosphoric ester groups is 2. The van der Waals surface area contributed by atoms with Crippen molar-refractivity contribution in [3.8, 4) is 0 Å². The van der Waals surface area contributed by atoms with Crippen LogP contribution in [-0.4, -0.2) is 96.7 Å². The van der Waals surface area contributed by atoms with Gasteiger partial charge in [-0.2, -0.15) is 0 Å². The zero-order chi connectivity index (χ0) is 74.4. The van der Waals surface area contributed by atoms with E-state index >= 15 is 0 Å². The zero-order valence-corrected chi connectivity index (χ0v) is 67.6. The van der Waals surface area contributed by atoms with Crippen LogP contribution in [0.15, 0.2) is 24.3 Å². The van der Waals surface area contributed by atoms with Crippen LogP contribution in [0.25, 0.3) is 0 Å². The summed E-state index contributed by atoms with van der Waals surface area (Å²) in [4.78, 5) is 73.0. The number of hydrogen-bond donors (Lipinski definition) is 3. The van der Waals surface area contributed by atoms with Crippen LogP contribution in [0.4, 0.5) is 0 Å². The number of carbonyl (C=O) groups excluding carboxylic acids is 4. The van der Waals surface area contributed by atoms with E-state index in [0.29, 0.717) is 25.7 Å². The Kier molecular flexibility index (Phi) is 70.0. The Morgan fingerprint density at radius 3 is 0.881 bits per heavy atom. The van der Waals surface area contributed by atoms with Crippen molar-refractivity contribution >= 4 is 39.5 Å². The lowest BCUT2D eigenvalue weighted by Crippen LogP contribution is -2.30. The second kappa shape index (κ2) is 71.8. The number of hydrogen-bond acceptors (Lipinski definition) is 15. The van der Waals surface area contributed by atoms with E-state index in [-0.39, 0.29) is 25.7 Å². The van der Waals surface area contributed by atoms with Gasteiger partial charge in [-0.1, -0.05) is 349 Å². The maximum atomic E-state index is 13.1. The topological polar surface area (TPSA) is 237 Å². The van der Waals surface area contributed by atoms with Gasteiger partial charge in [-0.3, -0.25) is 37.3 Å². The van der Waals surface area contributed by atoms with E-state index in [1.54, 1.807) is 0 Å². The second-order valence-corrected chi connectivity index (χ2v) is 32.9. The lowest BCUT2D eigenvalue weighted by Gasteiger charge is -2.21. The Hall–Kier alpha value is -2.46. The highest BCUT2D eigenvalue weighted by atomic mass is 31.2. The predicted octanol–water partition coefficient (Wildman–Crippen LogP) is 24.1. The van der Waals surface area contributed by atoms with Crippen LogP contribution in [0.2, 0.25) is 0 Å². The van der Waals surface area contributed by atoms with E-state index < -0.39 is 97.5 Å². The average molecular weight is 1480 g/mol. The first kappa shape index (κ1) is 98.5. The highest BCUT2D eigenvalue weighted by Crippen LogP contribution is 2.45. The molecule has 0 fully saturated rings. The standard InChI is InChI=1S/C82H156O17P2/c1-8-10-11-12-13-14-15-16-19-27-32-37-42-51-58-65-81(86)98-77(69-92-79(84)63-56-49-41-36-31-26-21-18-17-20-24-29-34-39-46-53-60-73(3)4)71-96-100(88,89)94-67-76(83)68-95-101(90,91)97-72-78(70-93-80(85)64-57-50-45-44-48-55-62-75(7)9-2)99-82(87)66-59-52-43-38-33-28-23-22-25-30-35-40-47-54-61-74(5)6/h14-16,19,73-78,83H,8-13,17-18,20-72H2,1-7H3,(H,88,89)(H,90,91)/b15-14-,19-16-/t75?,76-,77-,78-/m1/s1. The molecule has 0 bridgehead atoms. The Balaban J connectivity index is 5.26. The minimum absolute atomic E-state index is 0.0852. The highest BCUT2D eigenvalue weighted by Gasteiger charge is 2.30. The molecule has 19 heteroatoms. The van der Waals surface area contributed by atoms with Gasteiger partial charge in [0.2, 0.25) is 0 Å². The second-order valence-electron chi connectivity index (χ2n) is 30.0. The monoisotopic (exact) mass is 1480 g/mol. The van der Waals surface area contributed by atoms with E-state index in [1.165, 1.54) is 193 Å². The molecule has 3 N–H and O–H groups in total. The molecule has 0 saturated heterocycles. The fraction of sp³-hybridized carbons (Fsp3) is 0.902. The number of rotatable bonds is 78. The molecule has 0 aliphatic carbocycles. The van der Waals surface area contributed by atoms with Crippen molar-refractivity contribution in [3.63, 3.8) is 0 Å². The lowest BCUT2D eigenvalue weighted by molar-refractivity contribution is -0.161. The van der Waals surface area contributed by atoms with Gasteiger partial charge in [-0.25, -0.2) is 9.13 Å². The van der Waals surface area contributed by atoms with Gasteiger partial charge >= 0.3 is 39.5 Å². The first-order valence-electron chi connectivity index (χ1n) is 41.7. The minimum atomic E-state index is -4.97. The molecule has 6 atom stereocenters. The molecule has 0 aliphatic rings. The average Bonchev–Trinajstić information content (AvgIpc) is 0.923. The van der Waals surface area contributed by atoms with Crippen LogP contribution in [0, 0.1) is 17.8 Å². The van der Waals surface area contributed by atoms with Crippen molar-refractivity contribution in [2.45, 2.75) is 420 Å². The number of carbonyl (C=O) groups is 4. The largest absolute Gasteiger partial charge is 0.472 e. The first-order chi connectivity index (χ1) is 48.8. The summed E-state index contributed by atoms with van der Waals surface area (Å²) in [5.74, 6) is 0.192. The third-order valence-electron chi connectivity index (χ3n) is 18.9. The van der Waals surface area contributed by atoms with Gasteiger partial charge in [-0.15, -0.1) is 0 Å². The van der Waals surface area contributed by atoms with Gasteiger partial charge in [0.15, 0.2) is 12.2 Å². The number of phosphoric acid groups is 2. The molecule has 0 rings (SSSR count). The summed E-state index contributed by atoms with van der Waals surface area (Å²) in [6.45, 7) is 11.9. The molecule has 0 aromatic carbocycles. The fourth-order valence-corrected chi connectivity index (χ4v) is 13.7. The smallest absolute Gasteiger partial charge is 0.462 e. The molecule has 0 saturated carbocycles. The van der Waals surface area contributed by atoms with E-state index in [4.69, 9.17) is 37.0 Å². The van der Waals surface area contributed by atoms with Crippen LogP contribution in [0.3, 0.4) is 0 Å². The van der Waals surface area contributed by atoms with Crippen molar-refractivity contribution < 1.29 is 80.2 Å². The van der Waals surface area contributed by atoms with Gasteiger partial charge in [0.25, 0.3) is 0 Å². The van der Waals surface area contributed by atoms with Crippen molar-refractivity contribution in [2.75, 3.05) is 39.6 Å². The molecule has 0 spiro atoms. The molecule has 0 radical (unpaired) electrons. The fourth-order valence-electron chi connectivity index (χ4n) is 12.1. The maximum Gasteiger partial charge on any atom is 0.472 e. The third kappa shape index (κ3) is 74.2. The number of aliphatic hydroxyl groups is 1. The number of ether oxygens (including phenoxy) is 4. The molecule has 0 aromatic rings. The van der Waals surface area contributed by atoms with Crippen molar-refractivity contribution in [3.05, 3.63) is 24.3 Å². The summed E-state index contributed by atoms with van der Waals surface area (Å²) >= 11 is 0. The lowest BCUT2D eigenvalue weighted by atomic mass is 10.00. The van der Waals surface area contributed by atoms with Crippen molar-refractivity contribution in [1.82, 2.24) is 0 Å². The first-order valence-corrected chi connectivity index (χ1v) is 44.7. The van der Waals surface area contributed by atoms with Crippen LogP contribution in [0.5, 0.6) is 0 Å². The van der Waals surface area contributed by atoms with Gasteiger partial charge in [0.1, 0.15) is 19.3 Å². The van der Waals surface area contributed by atoms with E-state index in [2.05, 4.69) is 72.8 Å². The van der Waals surface area contributed by atoms with E-state index in [0.717, 1.165) is 127 Å².